The Morgan fingerprint density at radius 1 is 1.00 bits per heavy atom. The highest BCUT2D eigenvalue weighted by molar-refractivity contribution is 6.35. The molecule has 0 aliphatic carbocycles. The molecule has 138 valence electrons. The minimum absolute atomic E-state index is 0.0860. The summed E-state index contributed by atoms with van der Waals surface area (Å²) in [5.41, 5.74) is 2.40. The van der Waals surface area contributed by atoms with Gasteiger partial charge in [-0.2, -0.15) is 0 Å². The van der Waals surface area contributed by atoms with Crippen LogP contribution in [0.4, 0.5) is 11.4 Å². The summed E-state index contributed by atoms with van der Waals surface area (Å²) in [6.45, 7) is 0.101. The van der Waals surface area contributed by atoms with Gasteiger partial charge in [-0.15, -0.1) is 0 Å². The van der Waals surface area contributed by atoms with E-state index in [1.54, 1.807) is 37.2 Å². The Bertz CT molecular complexity index is 774. The summed E-state index contributed by atoms with van der Waals surface area (Å²) in [5.74, 6) is -0.126. The fourth-order valence-corrected chi connectivity index (χ4v) is 2.85. The number of hydrogen-bond donors (Lipinski definition) is 2. The summed E-state index contributed by atoms with van der Waals surface area (Å²) in [5, 5.41) is 6.73. The number of carbonyl (C=O) groups is 2. The van der Waals surface area contributed by atoms with E-state index in [-0.39, 0.29) is 18.4 Å². The van der Waals surface area contributed by atoms with E-state index in [1.165, 1.54) is 0 Å². The first-order chi connectivity index (χ1) is 12.3. The van der Waals surface area contributed by atoms with E-state index in [0.29, 0.717) is 28.6 Å². The first-order valence-electron chi connectivity index (χ1n) is 8.12. The van der Waals surface area contributed by atoms with Crippen LogP contribution in [-0.4, -0.2) is 37.4 Å². The molecule has 0 radical (unpaired) electrons. The highest BCUT2D eigenvalue weighted by Gasteiger charge is 2.07. The van der Waals surface area contributed by atoms with Crippen LogP contribution in [0.2, 0.25) is 10.0 Å². The average Bonchev–Trinajstić information content (AvgIpc) is 2.57. The molecule has 2 aromatic carbocycles. The molecule has 5 nitrogen and oxygen atoms in total. The van der Waals surface area contributed by atoms with Gasteiger partial charge >= 0.3 is 0 Å². The lowest BCUT2D eigenvalue weighted by atomic mass is 10.1. The van der Waals surface area contributed by atoms with Crippen molar-refractivity contribution in [3.8, 4) is 0 Å². The number of nitrogens with one attached hydrogen (secondary N) is 2. The molecule has 2 rings (SSSR count). The lowest BCUT2D eigenvalue weighted by Gasteiger charge is -2.11. The first kappa shape index (κ1) is 20.1. The molecule has 7 heteroatoms. The number of hydrogen-bond acceptors (Lipinski definition) is 3. The predicted molar refractivity (Wildman–Crippen MR) is 107 cm³/mol. The maximum Gasteiger partial charge on any atom is 0.243 e. The van der Waals surface area contributed by atoms with Gasteiger partial charge in [0, 0.05) is 41.9 Å². The number of benzene rings is 2. The van der Waals surface area contributed by atoms with Crippen LogP contribution >= 0.6 is 23.2 Å². The third kappa shape index (κ3) is 6.58. The van der Waals surface area contributed by atoms with Crippen molar-refractivity contribution >= 4 is 46.4 Å². The number of nitrogens with zero attached hydrogens (tertiary/aromatic N) is 1. The van der Waals surface area contributed by atoms with Crippen molar-refractivity contribution in [2.75, 3.05) is 31.3 Å². The Kier molecular flexibility index (Phi) is 7.30. The molecule has 2 N–H and O–H groups in total. The van der Waals surface area contributed by atoms with E-state index in [0.717, 1.165) is 11.3 Å². The van der Waals surface area contributed by atoms with Crippen molar-refractivity contribution in [1.82, 2.24) is 4.90 Å². The molecule has 2 aromatic rings. The molecule has 0 heterocycles. The third-order valence-corrected chi connectivity index (χ3v) is 4.09. The summed E-state index contributed by atoms with van der Waals surface area (Å²) in [7, 11) is 3.48. The highest BCUT2D eigenvalue weighted by Crippen LogP contribution is 2.22. The topological polar surface area (TPSA) is 61.4 Å². The number of carbonyl (C=O) groups excluding carboxylic acids is 2. The minimum Gasteiger partial charge on any atom is -0.376 e. The van der Waals surface area contributed by atoms with Gasteiger partial charge in [-0.3, -0.25) is 9.59 Å². The van der Waals surface area contributed by atoms with Crippen molar-refractivity contribution in [2.24, 2.45) is 0 Å². The number of amides is 2. The normalized spacial score (nSPS) is 10.3. The molecule has 0 saturated heterocycles. The second kappa shape index (κ2) is 9.46. The third-order valence-electron chi connectivity index (χ3n) is 3.65. The molecular weight excluding hydrogens is 373 g/mol. The second-order valence-corrected chi connectivity index (χ2v) is 6.92. The molecule has 0 aromatic heterocycles. The van der Waals surface area contributed by atoms with Gasteiger partial charge in [-0.05, 0) is 42.3 Å². The zero-order valence-corrected chi connectivity index (χ0v) is 16.2. The van der Waals surface area contributed by atoms with Crippen LogP contribution in [0.25, 0.3) is 0 Å². The Morgan fingerprint density at radius 3 is 2.35 bits per heavy atom. The van der Waals surface area contributed by atoms with Gasteiger partial charge in [0.15, 0.2) is 0 Å². The highest BCUT2D eigenvalue weighted by atomic mass is 35.5. The fourth-order valence-electron chi connectivity index (χ4n) is 2.33. The first-order valence-corrected chi connectivity index (χ1v) is 8.88. The van der Waals surface area contributed by atoms with Gasteiger partial charge in [0.1, 0.15) is 0 Å². The monoisotopic (exact) mass is 393 g/mol. The molecule has 0 aliphatic heterocycles. The van der Waals surface area contributed by atoms with Gasteiger partial charge in [-0.1, -0.05) is 35.3 Å². The van der Waals surface area contributed by atoms with Crippen LogP contribution in [0.1, 0.15) is 12.0 Å². The van der Waals surface area contributed by atoms with Crippen molar-refractivity contribution in [1.29, 1.82) is 0 Å². The molecule has 0 spiro atoms. The smallest absolute Gasteiger partial charge is 0.243 e. The van der Waals surface area contributed by atoms with Crippen LogP contribution < -0.4 is 10.6 Å². The van der Waals surface area contributed by atoms with Gasteiger partial charge in [-0.25, -0.2) is 0 Å². The van der Waals surface area contributed by atoms with E-state index in [9.17, 15) is 9.59 Å². The molecule has 26 heavy (non-hydrogen) atoms. The van der Waals surface area contributed by atoms with Crippen molar-refractivity contribution in [2.45, 2.75) is 12.8 Å². The number of rotatable bonds is 7. The van der Waals surface area contributed by atoms with E-state index < -0.39 is 0 Å². The van der Waals surface area contributed by atoms with Crippen LogP contribution in [0, 0.1) is 0 Å². The summed E-state index contributed by atoms with van der Waals surface area (Å²) in [6, 6.07) is 12.5. The van der Waals surface area contributed by atoms with Crippen LogP contribution in [0.5, 0.6) is 0 Å². The molecule has 0 saturated carbocycles. The second-order valence-electron chi connectivity index (χ2n) is 6.05. The Hall–Kier alpha value is -2.24. The average molecular weight is 394 g/mol. The SMILES string of the molecule is CN(C)C(=O)CCc1cccc(NCC(=O)Nc2cc(Cl)cc(Cl)c2)c1. The van der Waals surface area contributed by atoms with E-state index >= 15 is 0 Å². The lowest BCUT2D eigenvalue weighted by molar-refractivity contribution is -0.128. The zero-order valence-electron chi connectivity index (χ0n) is 14.7. The van der Waals surface area contributed by atoms with Crippen molar-refractivity contribution < 1.29 is 9.59 Å². The Morgan fingerprint density at radius 2 is 1.69 bits per heavy atom. The maximum atomic E-state index is 12.1. The standard InChI is InChI=1S/C19H21Cl2N3O2/c1-24(2)19(26)7-6-13-4-3-5-16(8-13)22-12-18(25)23-17-10-14(20)9-15(21)11-17/h3-5,8-11,22H,6-7,12H2,1-2H3,(H,23,25). The van der Waals surface area contributed by atoms with Gasteiger partial charge in [0.25, 0.3) is 0 Å². The number of aryl methyl sites for hydroxylation is 1. The summed E-state index contributed by atoms with van der Waals surface area (Å²) >= 11 is 11.8. The molecular formula is C19H21Cl2N3O2. The van der Waals surface area contributed by atoms with Crippen LogP contribution in [-0.2, 0) is 16.0 Å². The van der Waals surface area contributed by atoms with Crippen molar-refractivity contribution in [3.63, 3.8) is 0 Å². The van der Waals surface area contributed by atoms with Gasteiger partial charge in [0.2, 0.25) is 11.8 Å². The fraction of sp³-hybridized carbons (Fsp3) is 0.263. The molecule has 0 fully saturated rings. The summed E-state index contributed by atoms with van der Waals surface area (Å²) in [6.07, 6.45) is 1.10. The largest absolute Gasteiger partial charge is 0.376 e. The lowest BCUT2D eigenvalue weighted by Crippen LogP contribution is -2.22. The molecule has 0 bridgehead atoms. The Labute approximate surface area is 163 Å². The van der Waals surface area contributed by atoms with Crippen LogP contribution in [0.15, 0.2) is 42.5 Å². The molecule has 0 atom stereocenters. The summed E-state index contributed by atoms with van der Waals surface area (Å²) in [4.78, 5) is 25.3. The molecule has 0 aliphatic rings. The quantitative estimate of drug-likeness (QED) is 0.745. The Balaban J connectivity index is 1.87. The molecule has 0 unspecified atom stereocenters. The molecule has 2 amide bonds. The maximum absolute atomic E-state index is 12.1. The van der Waals surface area contributed by atoms with E-state index in [4.69, 9.17) is 23.2 Å². The van der Waals surface area contributed by atoms with E-state index in [1.807, 2.05) is 24.3 Å². The van der Waals surface area contributed by atoms with Gasteiger partial charge in [0.05, 0.1) is 6.54 Å². The summed E-state index contributed by atoms with van der Waals surface area (Å²) < 4.78 is 0. The number of halogens is 2. The van der Waals surface area contributed by atoms with Crippen LogP contribution in [0.3, 0.4) is 0 Å². The van der Waals surface area contributed by atoms with E-state index in [2.05, 4.69) is 10.6 Å². The number of anilines is 2. The van der Waals surface area contributed by atoms with Crippen molar-refractivity contribution in [3.05, 3.63) is 58.1 Å². The van der Waals surface area contributed by atoms with Gasteiger partial charge < -0.3 is 15.5 Å². The zero-order chi connectivity index (χ0) is 19.1. The predicted octanol–water partition coefficient (Wildman–Crippen LogP) is 4.06. The minimum atomic E-state index is -0.212.